The van der Waals surface area contributed by atoms with Crippen LogP contribution in [0.2, 0.25) is 0 Å². The van der Waals surface area contributed by atoms with Gasteiger partial charge < -0.3 is 14.7 Å². The summed E-state index contributed by atoms with van der Waals surface area (Å²) in [4.78, 5) is 28.2. The molecule has 0 spiro atoms. The molecule has 0 aromatic heterocycles. The van der Waals surface area contributed by atoms with E-state index in [4.69, 9.17) is 4.74 Å². The Hall–Kier alpha value is -2.86. The monoisotopic (exact) mass is 394 g/mol. The van der Waals surface area contributed by atoms with Gasteiger partial charge in [-0.05, 0) is 48.7 Å². The number of likely N-dealkylation sites (tertiary alicyclic amines) is 1. The summed E-state index contributed by atoms with van der Waals surface area (Å²) in [6.07, 6.45) is 0.557. The molecular formula is C23H26N2O4. The Morgan fingerprint density at radius 3 is 2.28 bits per heavy atom. The summed E-state index contributed by atoms with van der Waals surface area (Å²) in [5.41, 5.74) is 3.33. The number of carboxylic acid groups (broad SMARTS) is 1. The summed E-state index contributed by atoms with van der Waals surface area (Å²) in [6.45, 7) is 1.30. The van der Waals surface area contributed by atoms with Crippen LogP contribution < -0.4 is 0 Å². The number of benzene rings is 2. The van der Waals surface area contributed by atoms with Crippen molar-refractivity contribution in [2.24, 2.45) is 0 Å². The third-order valence-electron chi connectivity index (χ3n) is 6.31. The van der Waals surface area contributed by atoms with Gasteiger partial charge in [0.25, 0.3) is 0 Å². The van der Waals surface area contributed by atoms with Crippen LogP contribution in [-0.2, 0) is 9.53 Å². The van der Waals surface area contributed by atoms with Crippen molar-refractivity contribution in [3.8, 4) is 11.1 Å². The number of amides is 1. The molecule has 2 aromatic rings. The predicted molar refractivity (Wildman–Crippen MR) is 110 cm³/mol. The van der Waals surface area contributed by atoms with Crippen LogP contribution in [0.3, 0.4) is 0 Å². The largest absolute Gasteiger partial charge is 0.479 e. The van der Waals surface area contributed by atoms with E-state index < -0.39 is 17.6 Å². The van der Waals surface area contributed by atoms with Crippen molar-refractivity contribution in [2.45, 2.75) is 24.3 Å². The summed E-state index contributed by atoms with van der Waals surface area (Å²) >= 11 is 0. The van der Waals surface area contributed by atoms with Crippen molar-refractivity contribution in [3.63, 3.8) is 0 Å². The number of carbonyl (C=O) groups excluding carboxylic acids is 1. The third kappa shape index (κ3) is 3.27. The van der Waals surface area contributed by atoms with Crippen molar-refractivity contribution >= 4 is 12.1 Å². The normalized spacial score (nSPS) is 21.3. The molecule has 1 amide bonds. The topological polar surface area (TPSA) is 70.1 Å². The van der Waals surface area contributed by atoms with Gasteiger partial charge in [-0.2, -0.15) is 0 Å². The minimum Gasteiger partial charge on any atom is -0.479 e. The zero-order chi connectivity index (χ0) is 20.6. The maximum atomic E-state index is 12.9. The van der Waals surface area contributed by atoms with Gasteiger partial charge in [0, 0.05) is 19.5 Å². The smallest absolute Gasteiger partial charge is 0.410 e. The number of ether oxygens (including phenoxy) is 1. The van der Waals surface area contributed by atoms with Crippen LogP contribution in [0.25, 0.3) is 11.1 Å². The molecule has 1 heterocycles. The number of nitrogens with zero attached hydrogens (tertiary/aromatic N) is 2. The van der Waals surface area contributed by atoms with E-state index >= 15 is 0 Å². The number of hydrogen-bond acceptors (Lipinski definition) is 4. The summed E-state index contributed by atoms with van der Waals surface area (Å²) in [5, 5.41) is 9.89. The first-order valence-electron chi connectivity index (χ1n) is 9.95. The second kappa shape index (κ2) is 7.52. The molecule has 1 atom stereocenters. The van der Waals surface area contributed by atoms with E-state index in [1.165, 1.54) is 11.9 Å². The second-order valence-electron chi connectivity index (χ2n) is 8.04. The Kier molecular flexibility index (Phi) is 5.04. The molecule has 1 aliphatic heterocycles. The number of aliphatic carboxylic acids is 1. The molecule has 1 fully saturated rings. The number of hydrogen-bond donors (Lipinski definition) is 1. The molecule has 1 aliphatic carbocycles. The van der Waals surface area contributed by atoms with Crippen molar-refractivity contribution in [1.82, 2.24) is 9.80 Å². The lowest BCUT2D eigenvalue weighted by atomic mass is 9.88. The lowest BCUT2D eigenvalue weighted by Gasteiger charge is -2.43. The van der Waals surface area contributed by atoms with E-state index in [1.807, 2.05) is 36.2 Å². The average Bonchev–Trinajstić information content (AvgIpc) is 3.05. The molecule has 6 nitrogen and oxygen atoms in total. The van der Waals surface area contributed by atoms with E-state index in [0.29, 0.717) is 13.0 Å². The zero-order valence-corrected chi connectivity index (χ0v) is 16.8. The minimum absolute atomic E-state index is 0.0467. The van der Waals surface area contributed by atoms with Gasteiger partial charge >= 0.3 is 12.1 Å². The first kappa shape index (κ1) is 19.5. The molecule has 1 unspecified atom stereocenters. The quantitative estimate of drug-likeness (QED) is 0.861. The van der Waals surface area contributed by atoms with E-state index in [1.54, 1.807) is 0 Å². The van der Waals surface area contributed by atoms with Gasteiger partial charge in [0.1, 0.15) is 6.61 Å². The summed E-state index contributed by atoms with van der Waals surface area (Å²) in [6, 6.07) is 16.3. The van der Waals surface area contributed by atoms with Gasteiger partial charge in [-0.15, -0.1) is 0 Å². The molecule has 2 aliphatic rings. The van der Waals surface area contributed by atoms with Crippen molar-refractivity contribution in [3.05, 3.63) is 59.7 Å². The van der Waals surface area contributed by atoms with Crippen LogP contribution in [0.1, 0.15) is 29.9 Å². The molecule has 6 heteroatoms. The number of fused-ring (bicyclic) bond motifs is 3. The molecule has 4 rings (SSSR count). The van der Waals surface area contributed by atoms with E-state index in [2.05, 4.69) is 24.3 Å². The third-order valence-corrected chi connectivity index (χ3v) is 6.31. The fourth-order valence-electron chi connectivity index (χ4n) is 4.70. The highest BCUT2D eigenvalue weighted by Crippen LogP contribution is 2.44. The van der Waals surface area contributed by atoms with Crippen molar-refractivity contribution in [1.29, 1.82) is 0 Å². The number of carbonyl (C=O) groups is 2. The van der Waals surface area contributed by atoms with Gasteiger partial charge in [-0.1, -0.05) is 48.5 Å². The summed E-state index contributed by atoms with van der Waals surface area (Å²) < 4.78 is 5.67. The Bertz CT molecular complexity index is 898. The molecule has 0 bridgehead atoms. The van der Waals surface area contributed by atoms with Crippen molar-refractivity contribution < 1.29 is 19.4 Å². The molecule has 1 saturated heterocycles. The van der Waals surface area contributed by atoms with Crippen molar-refractivity contribution in [2.75, 3.05) is 33.8 Å². The van der Waals surface area contributed by atoms with E-state index in [0.717, 1.165) is 35.2 Å². The van der Waals surface area contributed by atoms with Crippen LogP contribution in [0.15, 0.2) is 48.5 Å². The molecule has 2 aromatic carbocycles. The lowest BCUT2D eigenvalue weighted by molar-refractivity contribution is -0.153. The first-order valence-corrected chi connectivity index (χ1v) is 9.95. The standard InChI is InChI=1S/C23H26N2O4/c1-24-13-7-12-23(15-24,21(26)27)25(2)22(28)29-14-20-18-10-5-3-8-16(18)17-9-4-6-11-19(17)20/h3-6,8-11,20H,7,12-15H2,1-2H3,(H,26,27). The number of rotatable bonds is 4. The van der Waals surface area contributed by atoms with Gasteiger partial charge in [0.15, 0.2) is 5.54 Å². The minimum atomic E-state index is -1.25. The molecule has 152 valence electrons. The molecule has 1 N–H and O–H groups in total. The van der Waals surface area contributed by atoms with Crippen LogP contribution in [0, 0.1) is 0 Å². The first-order chi connectivity index (χ1) is 13.9. The number of carboxylic acids is 1. The second-order valence-corrected chi connectivity index (χ2v) is 8.04. The van der Waals surface area contributed by atoms with Crippen LogP contribution >= 0.6 is 0 Å². The Morgan fingerprint density at radius 1 is 1.14 bits per heavy atom. The highest BCUT2D eigenvalue weighted by Gasteiger charge is 2.48. The molecule has 0 saturated carbocycles. The van der Waals surface area contributed by atoms with Gasteiger partial charge in [0.2, 0.25) is 0 Å². The molecular weight excluding hydrogens is 368 g/mol. The highest BCUT2D eigenvalue weighted by molar-refractivity contribution is 5.85. The van der Waals surface area contributed by atoms with Crippen LogP contribution in [-0.4, -0.2) is 66.3 Å². The lowest BCUT2D eigenvalue weighted by Crippen LogP contribution is -2.63. The number of piperidine rings is 1. The average molecular weight is 394 g/mol. The SMILES string of the molecule is CN1CCCC(C(=O)O)(N(C)C(=O)OCC2c3ccccc3-c3ccccc32)C1. The maximum Gasteiger partial charge on any atom is 0.410 e. The summed E-state index contributed by atoms with van der Waals surface area (Å²) in [5.74, 6) is -1.03. The van der Waals surface area contributed by atoms with Gasteiger partial charge in [-0.25, -0.2) is 9.59 Å². The Labute approximate surface area is 170 Å². The van der Waals surface area contributed by atoms with Crippen LogP contribution in [0.5, 0.6) is 0 Å². The molecule has 0 radical (unpaired) electrons. The maximum absolute atomic E-state index is 12.9. The van der Waals surface area contributed by atoms with Gasteiger partial charge in [-0.3, -0.25) is 4.90 Å². The van der Waals surface area contributed by atoms with Gasteiger partial charge in [0.05, 0.1) is 0 Å². The number of likely N-dealkylation sites (N-methyl/N-ethyl adjacent to an activating group) is 2. The van der Waals surface area contributed by atoms with E-state index in [9.17, 15) is 14.7 Å². The molecule has 29 heavy (non-hydrogen) atoms. The van der Waals surface area contributed by atoms with Crippen LogP contribution in [0.4, 0.5) is 4.79 Å². The van der Waals surface area contributed by atoms with E-state index in [-0.39, 0.29) is 12.5 Å². The highest BCUT2D eigenvalue weighted by atomic mass is 16.6. The Morgan fingerprint density at radius 2 is 1.72 bits per heavy atom. The Balaban J connectivity index is 1.53. The fourth-order valence-corrected chi connectivity index (χ4v) is 4.70. The summed E-state index contributed by atoms with van der Waals surface area (Å²) in [7, 11) is 3.41. The zero-order valence-electron chi connectivity index (χ0n) is 16.8. The predicted octanol–water partition coefficient (Wildman–Crippen LogP) is 3.42. The fraction of sp³-hybridized carbons (Fsp3) is 0.391.